The second-order valence-electron chi connectivity index (χ2n) is 5.50. The molecule has 2 aromatic rings. The smallest absolute Gasteiger partial charge is 0.342 e. The summed E-state index contributed by atoms with van der Waals surface area (Å²) in [5, 5.41) is 9.51. The number of hydrogen-bond acceptors (Lipinski definition) is 9. The summed E-state index contributed by atoms with van der Waals surface area (Å²) >= 11 is 0.864. The molecule has 0 aliphatic heterocycles. The van der Waals surface area contributed by atoms with Crippen molar-refractivity contribution in [3.63, 3.8) is 0 Å². The van der Waals surface area contributed by atoms with Gasteiger partial charge >= 0.3 is 5.69 Å². The van der Waals surface area contributed by atoms with Gasteiger partial charge < -0.3 is 14.2 Å². The van der Waals surface area contributed by atoms with Gasteiger partial charge in [-0.15, -0.1) is 0 Å². The van der Waals surface area contributed by atoms with Crippen molar-refractivity contribution in [2.24, 2.45) is 5.10 Å². The van der Waals surface area contributed by atoms with E-state index in [4.69, 9.17) is 14.2 Å². The highest BCUT2D eigenvalue weighted by molar-refractivity contribution is 7.99. The average Bonchev–Trinajstić information content (AvgIpc) is 2.71. The van der Waals surface area contributed by atoms with Gasteiger partial charge in [0.05, 0.1) is 32.8 Å². The minimum absolute atomic E-state index is 0.0270. The number of hydrogen-bond donors (Lipinski definition) is 3. The quantitative estimate of drug-likeness (QED) is 0.284. The van der Waals surface area contributed by atoms with Crippen molar-refractivity contribution >= 4 is 23.9 Å². The Bertz CT molecular complexity index is 962. The second kappa shape index (κ2) is 10.9. The number of carbonyl (C=O) groups excluding carboxylic acids is 1. The molecule has 0 saturated carbocycles. The van der Waals surface area contributed by atoms with E-state index in [-0.39, 0.29) is 10.8 Å². The van der Waals surface area contributed by atoms with Crippen molar-refractivity contribution < 1.29 is 19.0 Å². The topological polar surface area (TPSA) is 148 Å². The lowest BCUT2D eigenvalue weighted by atomic mass is 10.2. The van der Waals surface area contributed by atoms with Crippen molar-refractivity contribution in [3.05, 3.63) is 38.5 Å². The summed E-state index contributed by atoms with van der Waals surface area (Å²) in [6, 6.07) is 3.39. The Labute approximate surface area is 169 Å². The zero-order chi connectivity index (χ0) is 21.2. The van der Waals surface area contributed by atoms with E-state index in [0.717, 1.165) is 18.2 Å². The third-order valence-corrected chi connectivity index (χ3v) is 4.31. The maximum Gasteiger partial charge on any atom is 0.342 e. The molecular formula is C17H21N5O6S. The lowest BCUT2D eigenvalue weighted by molar-refractivity contribution is -0.118. The Kier molecular flexibility index (Phi) is 8.27. The van der Waals surface area contributed by atoms with Crippen LogP contribution in [0.25, 0.3) is 0 Å². The highest BCUT2D eigenvalue weighted by Crippen LogP contribution is 2.38. The van der Waals surface area contributed by atoms with Gasteiger partial charge in [-0.25, -0.2) is 15.3 Å². The van der Waals surface area contributed by atoms with Crippen LogP contribution in [0.1, 0.15) is 18.9 Å². The molecule has 2 rings (SSSR count). The van der Waals surface area contributed by atoms with Crippen molar-refractivity contribution in [2.75, 3.05) is 26.6 Å². The van der Waals surface area contributed by atoms with E-state index in [2.05, 4.69) is 20.7 Å². The molecule has 0 bridgehead atoms. The third-order valence-electron chi connectivity index (χ3n) is 3.36. The SMILES string of the molecule is CCCOc1c(OC)cc(/C=N/NC(=O)CSc2n[nH]c(=O)[nH]c2=O)cc1OC. The fourth-order valence-corrected chi connectivity index (χ4v) is 2.73. The van der Waals surface area contributed by atoms with Gasteiger partial charge in [0.1, 0.15) is 0 Å². The lowest BCUT2D eigenvalue weighted by Gasteiger charge is -2.14. The molecule has 1 aromatic heterocycles. The fourth-order valence-electron chi connectivity index (χ4n) is 2.10. The number of nitrogens with one attached hydrogen (secondary N) is 3. The van der Waals surface area contributed by atoms with E-state index in [1.54, 1.807) is 12.1 Å². The van der Waals surface area contributed by atoms with Crippen LogP contribution in [-0.4, -0.2) is 53.9 Å². The summed E-state index contributed by atoms with van der Waals surface area (Å²) in [6.45, 7) is 2.51. The average molecular weight is 423 g/mol. The summed E-state index contributed by atoms with van der Waals surface area (Å²) < 4.78 is 16.3. The monoisotopic (exact) mass is 423 g/mol. The van der Waals surface area contributed by atoms with Crippen LogP contribution in [0.3, 0.4) is 0 Å². The van der Waals surface area contributed by atoms with E-state index in [9.17, 15) is 14.4 Å². The van der Waals surface area contributed by atoms with Gasteiger partial charge in [0.25, 0.3) is 5.56 Å². The highest BCUT2D eigenvalue weighted by Gasteiger charge is 2.13. The minimum Gasteiger partial charge on any atom is -0.493 e. The molecule has 1 heterocycles. The molecule has 0 aliphatic carbocycles. The van der Waals surface area contributed by atoms with E-state index in [1.165, 1.54) is 20.4 Å². The normalized spacial score (nSPS) is 10.7. The zero-order valence-corrected chi connectivity index (χ0v) is 16.9. The van der Waals surface area contributed by atoms with Crippen LogP contribution in [0.5, 0.6) is 17.2 Å². The number of H-pyrrole nitrogens is 2. The van der Waals surface area contributed by atoms with E-state index < -0.39 is 17.2 Å². The summed E-state index contributed by atoms with van der Waals surface area (Å²) in [6.07, 6.45) is 2.25. The van der Waals surface area contributed by atoms with E-state index in [1.807, 2.05) is 11.9 Å². The van der Waals surface area contributed by atoms with Crippen molar-refractivity contribution in [1.29, 1.82) is 0 Å². The van der Waals surface area contributed by atoms with Crippen LogP contribution < -0.4 is 30.9 Å². The lowest BCUT2D eigenvalue weighted by Crippen LogP contribution is -2.26. The van der Waals surface area contributed by atoms with E-state index >= 15 is 0 Å². The first kappa shape index (κ1) is 22.0. The Hall–Kier alpha value is -3.28. The van der Waals surface area contributed by atoms with Gasteiger partial charge in [0.2, 0.25) is 11.7 Å². The summed E-state index contributed by atoms with van der Waals surface area (Å²) in [4.78, 5) is 36.3. The maximum atomic E-state index is 11.9. The largest absolute Gasteiger partial charge is 0.493 e. The van der Waals surface area contributed by atoms with Crippen LogP contribution in [0, 0.1) is 0 Å². The molecule has 29 heavy (non-hydrogen) atoms. The first-order chi connectivity index (χ1) is 14.0. The third kappa shape index (κ3) is 6.38. The van der Waals surface area contributed by atoms with Crippen molar-refractivity contribution in [1.82, 2.24) is 20.6 Å². The van der Waals surface area contributed by atoms with Gasteiger partial charge in [-0.05, 0) is 18.6 Å². The number of aromatic nitrogens is 3. The Balaban J connectivity index is 2.00. The molecule has 0 unspecified atom stereocenters. The molecule has 1 aromatic carbocycles. The number of hydrazone groups is 1. The number of thioether (sulfide) groups is 1. The van der Waals surface area contributed by atoms with Crippen LogP contribution in [0.4, 0.5) is 0 Å². The molecule has 156 valence electrons. The Morgan fingerprint density at radius 3 is 2.55 bits per heavy atom. The molecule has 0 fully saturated rings. The van der Waals surface area contributed by atoms with Gasteiger partial charge in [0, 0.05) is 5.56 Å². The number of nitrogens with zero attached hydrogens (tertiary/aromatic N) is 2. The molecule has 0 spiro atoms. The zero-order valence-electron chi connectivity index (χ0n) is 16.1. The van der Waals surface area contributed by atoms with Gasteiger partial charge in [-0.3, -0.25) is 14.6 Å². The minimum atomic E-state index is -0.717. The van der Waals surface area contributed by atoms with Crippen LogP contribution in [0.15, 0.2) is 31.8 Å². The molecule has 0 atom stereocenters. The summed E-state index contributed by atoms with van der Waals surface area (Å²) in [7, 11) is 3.03. The predicted molar refractivity (Wildman–Crippen MR) is 107 cm³/mol. The number of methoxy groups -OCH3 is 2. The summed E-state index contributed by atoms with van der Waals surface area (Å²) in [5.41, 5.74) is 1.58. The summed E-state index contributed by atoms with van der Waals surface area (Å²) in [5.74, 6) is 0.873. The second-order valence-corrected chi connectivity index (χ2v) is 6.46. The molecule has 0 aliphatic rings. The molecule has 12 heteroatoms. The molecule has 0 radical (unpaired) electrons. The molecular weight excluding hydrogens is 402 g/mol. The van der Waals surface area contributed by atoms with E-state index in [0.29, 0.717) is 29.4 Å². The molecule has 3 N–H and O–H groups in total. The number of aromatic amines is 2. The number of benzene rings is 1. The Morgan fingerprint density at radius 2 is 1.97 bits per heavy atom. The van der Waals surface area contributed by atoms with Gasteiger partial charge in [-0.1, -0.05) is 18.7 Å². The Morgan fingerprint density at radius 1 is 1.28 bits per heavy atom. The number of ether oxygens (including phenoxy) is 3. The standard InChI is InChI=1S/C17H21N5O6S/c1-4-5-28-14-11(26-2)6-10(7-12(14)27-3)8-18-20-13(23)9-29-16-15(24)19-17(25)22-21-16/h6-8H,4-5,9H2,1-3H3,(H,20,23)(H2,19,22,24,25)/b18-8+. The number of amides is 1. The molecule has 11 nitrogen and oxygen atoms in total. The fraction of sp³-hybridized carbons (Fsp3) is 0.353. The van der Waals surface area contributed by atoms with Crippen LogP contribution >= 0.6 is 11.8 Å². The molecule has 0 saturated heterocycles. The van der Waals surface area contributed by atoms with Crippen LogP contribution in [-0.2, 0) is 4.79 Å². The molecule has 1 amide bonds. The van der Waals surface area contributed by atoms with Crippen molar-refractivity contribution in [2.45, 2.75) is 18.4 Å². The van der Waals surface area contributed by atoms with Gasteiger partial charge in [-0.2, -0.15) is 10.2 Å². The maximum absolute atomic E-state index is 11.9. The van der Waals surface area contributed by atoms with Crippen molar-refractivity contribution in [3.8, 4) is 17.2 Å². The predicted octanol–water partition coefficient (Wildman–Crippen LogP) is 0.507. The van der Waals surface area contributed by atoms with Crippen LogP contribution in [0.2, 0.25) is 0 Å². The van der Waals surface area contributed by atoms with Gasteiger partial charge in [0.15, 0.2) is 16.5 Å². The first-order valence-corrected chi connectivity index (χ1v) is 9.49. The number of rotatable bonds is 10. The highest BCUT2D eigenvalue weighted by atomic mass is 32.2. The first-order valence-electron chi connectivity index (χ1n) is 8.51. The number of carbonyl (C=O) groups is 1.